The van der Waals surface area contributed by atoms with Crippen LogP contribution in [0.25, 0.3) is 0 Å². The van der Waals surface area contributed by atoms with Crippen molar-refractivity contribution in [1.29, 1.82) is 0 Å². The Labute approximate surface area is 144 Å². The molecule has 1 aromatic carbocycles. The molecule has 0 amide bonds. The van der Waals surface area contributed by atoms with Gasteiger partial charge in [0, 0.05) is 6.61 Å². The summed E-state index contributed by atoms with van der Waals surface area (Å²) in [6, 6.07) is 10.1. The van der Waals surface area contributed by atoms with Crippen LogP contribution in [0.3, 0.4) is 0 Å². The first-order chi connectivity index (χ1) is 10.8. The van der Waals surface area contributed by atoms with Crippen molar-refractivity contribution in [3.05, 3.63) is 35.9 Å². The van der Waals surface area contributed by atoms with E-state index in [1.165, 1.54) is 0 Å². The van der Waals surface area contributed by atoms with Crippen LogP contribution in [0.4, 0.5) is 0 Å². The van der Waals surface area contributed by atoms with E-state index in [4.69, 9.17) is 24.1 Å². The molecular formula is C16H21IO5. The lowest BCUT2D eigenvalue weighted by Crippen LogP contribution is -2.31. The van der Waals surface area contributed by atoms with Gasteiger partial charge in [0.25, 0.3) is 0 Å². The first-order valence-corrected chi connectivity index (χ1v) is 8.83. The van der Waals surface area contributed by atoms with Crippen LogP contribution in [-0.4, -0.2) is 53.5 Å². The SMILES string of the molecule is OCCCO[C@@H]1O[C@H]2[C@H](OC[C@H]2OCc2ccccc2)[C@H]1I. The van der Waals surface area contributed by atoms with Gasteiger partial charge in [-0.3, -0.25) is 0 Å². The summed E-state index contributed by atoms with van der Waals surface area (Å²) < 4.78 is 23.6. The number of aliphatic hydroxyl groups is 1. The van der Waals surface area contributed by atoms with Crippen LogP contribution < -0.4 is 0 Å². The lowest BCUT2D eigenvalue weighted by Gasteiger charge is -2.19. The van der Waals surface area contributed by atoms with Crippen molar-refractivity contribution >= 4 is 22.6 Å². The molecule has 1 aromatic rings. The Morgan fingerprint density at radius 2 is 2.00 bits per heavy atom. The van der Waals surface area contributed by atoms with E-state index in [0.717, 1.165) is 5.56 Å². The summed E-state index contributed by atoms with van der Waals surface area (Å²) in [6.07, 6.45) is 0.206. The van der Waals surface area contributed by atoms with Gasteiger partial charge in [-0.05, 0) is 12.0 Å². The predicted molar refractivity (Wildman–Crippen MR) is 88.9 cm³/mol. The van der Waals surface area contributed by atoms with Gasteiger partial charge in [0.05, 0.1) is 23.7 Å². The maximum absolute atomic E-state index is 8.82. The van der Waals surface area contributed by atoms with E-state index in [1.54, 1.807) is 0 Å². The zero-order valence-electron chi connectivity index (χ0n) is 12.3. The fourth-order valence-electron chi connectivity index (χ4n) is 2.75. The first kappa shape index (κ1) is 16.6. The van der Waals surface area contributed by atoms with E-state index in [2.05, 4.69) is 22.6 Å². The molecule has 2 fully saturated rings. The molecule has 5 atom stereocenters. The van der Waals surface area contributed by atoms with Crippen molar-refractivity contribution in [2.75, 3.05) is 19.8 Å². The summed E-state index contributed by atoms with van der Waals surface area (Å²) in [5.41, 5.74) is 1.14. The number of benzene rings is 1. The number of rotatable bonds is 7. The Morgan fingerprint density at radius 3 is 2.77 bits per heavy atom. The second-order valence-corrected chi connectivity index (χ2v) is 6.93. The molecule has 1 N–H and O–H groups in total. The normalized spacial score (nSPS) is 34.0. The summed E-state index contributed by atoms with van der Waals surface area (Å²) >= 11 is 2.32. The molecule has 2 aliphatic rings. The molecule has 2 heterocycles. The van der Waals surface area contributed by atoms with Gasteiger partial charge in [-0.25, -0.2) is 0 Å². The van der Waals surface area contributed by atoms with Crippen molar-refractivity contribution in [2.24, 2.45) is 0 Å². The van der Waals surface area contributed by atoms with Gasteiger partial charge in [0.2, 0.25) is 0 Å². The van der Waals surface area contributed by atoms with E-state index in [-0.39, 0.29) is 35.1 Å². The molecule has 2 saturated heterocycles. The van der Waals surface area contributed by atoms with E-state index < -0.39 is 0 Å². The van der Waals surface area contributed by atoms with Gasteiger partial charge < -0.3 is 24.1 Å². The molecule has 0 bridgehead atoms. The quantitative estimate of drug-likeness (QED) is 0.415. The van der Waals surface area contributed by atoms with Gasteiger partial charge in [0.15, 0.2) is 6.29 Å². The fourth-order valence-corrected chi connectivity index (χ4v) is 3.74. The molecule has 0 aromatic heterocycles. The highest BCUT2D eigenvalue weighted by Gasteiger charge is 2.52. The third kappa shape index (κ3) is 3.80. The van der Waals surface area contributed by atoms with Gasteiger partial charge >= 0.3 is 0 Å². The topological polar surface area (TPSA) is 57.2 Å². The van der Waals surface area contributed by atoms with Crippen LogP contribution in [0.1, 0.15) is 12.0 Å². The van der Waals surface area contributed by atoms with E-state index in [0.29, 0.717) is 26.2 Å². The number of hydrogen-bond donors (Lipinski definition) is 1. The number of ether oxygens (including phenoxy) is 4. The second-order valence-electron chi connectivity index (χ2n) is 5.49. The minimum absolute atomic E-state index is 0.0144. The Kier molecular flexibility index (Phi) is 6.06. The molecule has 22 heavy (non-hydrogen) atoms. The summed E-state index contributed by atoms with van der Waals surface area (Å²) in [6.45, 7) is 1.74. The zero-order valence-corrected chi connectivity index (χ0v) is 14.4. The highest BCUT2D eigenvalue weighted by atomic mass is 127. The largest absolute Gasteiger partial charge is 0.396 e. The Bertz CT molecular complexity index is 457. The maximum atomic E-state index is 8.82. The predicted octanol–water partition coefficient (Wildman–Crippen LogP) is 1.90. The van der Waals surface area contributed by atoms with Crippen molar-refractivity contribution in [3.8, 4) is 0 Å². The number of hydrogen-bond acceptors (Lipinski definition) is 5. The molecule has 3 rings (SSSR count). The van der Waals surface area contributed by atoms with Gasteiger partial charge in [-0.1, -0.05) is 52.9 Å². The summed E-state index contributed by atoms with van der Waals surface area (Å²) in [5.74, 6) is 0. The van der Waals surface area contributed by atoms with E-state index >= 15 is 0 Å². The van der Waals surface area contributed by atoms with Crippen molar-refractivity contribution < 1.29 is 24.1 Å². The molecule has 0 radical (unpaired) electrons. The Balaban J connectivity index is 1.51. The van der Waals surface area contributed by atoms with Gasteiger partial charge in [-0.15, -0.1) is 0 Å². The number of fused-ring (bicyclic) bond motifs is 1. The third-order valence-corrected chi connectivity index (χ3v) is 5.20. The average Bonchev–Trinajstić information content (AvgIpc) is 3.08. The standard InChI is InChI=1S/C16H21IO5/c17-13-15-14(22-16(13)19-8-4-7-18)12(10-21-15)20-9-11-5-2-1-3-6-11/h1-3,5-6,12-16,18H,4,7-10H2/t12-,13-,14-,15-,16-/m1/s1. The molecule has 2 aliphatic heterocycles. The van der Waals surface area contributed by atoms with Crippen LogP contribution in [-0.2, 0) is 25.6 Å². The molecular weight excluding hydrogens is 399 g/mol. The lowest BCUT2D eigenvalue weighted by atomic mass is 10.1. The van der Waals surface area contributed by atoms with Crippen molar-refractivity contribution in [1.82, 2.24) is 0 Å². The van der Waals surface area contributed by atoms with E-state index in [9.17, 15) is 0 Å². The number of aliphatic hydroxyl groups excluding tert-OH is 1. The monoisotopic (exact) mass is 420 g/mol. The third-order valence-electron chi connectivity index (χ3n) is 3.90. The first-order valence-electron chi connectivity index (χ1n) is 7.58. The van der Waals surface area contributed by atoms with Gasteiger partial charge in [-0.2, -0.15) is 0 Å². The van der Waals surface area contributed by atoms with Gasteiger partial charge in [0.1, 0.15) is 18.3 Å². The highest BCUT2D eigenvalue weighted by Crippen LogP contribution is 2.37. The minimum atomic E-state index is -0.287. The van der Waals surface area contributed by atoms with Crippen molar-refractivity contribution in [2.45, 2.75) is 41.6 Å². The second kappa shape index (κ2) is 8.03. The molecule has 5 nitrogen and oxygen atoms in total. The van der Waals surface area contributed by atoms with Crippen LogP contribution >= 0.6 is 22.6 Å². The van der Waals surface area contributed by atoms with Crippen LogP contribution in [0.2, 0.25) is 0 Å². The average molecular weight is 420 g/mol. The van der Waals surface area contributed by atoms with Crippen LogP contribution in [0.15, 0.2) is 30.3 Å². The molecule has 0 unspecified atom stereocenters. The molecule has 0 saturated carbocycles. The Hall–Kier alpha value is -0.250. The number of halogens is 1. The minimum Gasteiger partial charge on any atom is -0.396 e. The maximum Gasteiger partial charge on any atom is 0.172 e. The highest BCUT2D eigenvalue weighted by molar-refractivity contribution is 14.1. The molecule has 0 spiro atoms. The lowest BCUT2D eigenvalue weighted by molar-refractivity contribution is -0.157. The fraction of sp³-hybridized carbons (Fsp3) is 0.625. The number of alkyl halides is 1. The smallest absolute Gasteiger partial charge is 0.172 e. The molecule has 122 valence electrons. The Morgan fingerprint density at radius 1 is 1.18 bits per heavy atom. The summed E-state index contributed by atoms with van der Waals surface area (Å²) in [5, 5.41) is 8.82. The molecule has 0 aliphatic carbocycles. The van der Waals surface area contributed by atoms with Crippen LogP contribution in [0, 0.1) is 0 Å². The van der Waals surface area contributed by atoms with Crippen LogP contribution in [0.5, 0.6) is 0 Å². The summed E-state index contributed by atoms with van der Waals surface area (Å²) in [7, 11) is 0. The van der Waals surface area contributed by atoms with Crippen molar-refractivity contribution in [3.63, 3.8) is 0 Å². The zero-order chi connectivity index (χ0) is 15.4. The summed E-state index contributed by atoms with van der Waals surface area (Å²) in [4.78, 5) is 0. The molecule has 6 heteroatoms. The van der Waals surface area contributed by atoms with E-state index in [1.807, 2.05) is 30.3 Å².